The molecule has 3 heterocycles. The minimum absolute atomic E-state index is 0.152. The van der Waals surface area contributed by atoms with Crippen LogP contribution < -0.4 is 10.2 Å². The van der Waals surface area contributed by atoms with Gasteiger partial charge in [0.25, 0.3) is 5.91 Å². The van der Waals surface area contributed by atoms with Crippen molar-refractivity contribution in [2.45, 2.75) is 19.8 Å². The summed E-state index contributed by atoms with van der Waals surface area (Å²) in [6.07, 6.45) is 4.15. The van der Waals surface area contributed by atoms with Gasteiger partial charge in [-0.1, -0.05) is 0 Å². The normalized spacial score (nSPS) is 14.2. The van der Waals surface area contributed by atoms with E-state index in [0.717, 1.165) is 35.8 Å². The predicted molar refractivity (Wildman–Crippen MR) is 99.1 cm³/mol. The average Bonchev–Trinajstić information content (AvgIpc) is 3.24. The van der Waals surface area contributed by atoms with E-state index in [-0.39, 0.29) is 5.91 Å². The van der Waals surface area contributed by atoms with Crippen LogP contribution in [0.5, 0.6) is 0 Å². The third-order valence-electron chi connectivity index (χ3n) is 4.80. The Labute approximate surface area is 146 Å². The minimum atomic E-state index is -0.152. The van der Waals surface area contributed by atoms with Gasteiger partial charge in [0, 0.05) is 25.7 Å². The lowest BCUT2D eigenvalue weighted by atomic mass is 10.2. The lowest BCUT2D eigenvalue weighted by molar-refractivity contribution is 0.102. The second kappa shape index (κ2) is 6.20. The summed E-state index contributed by atoms with van der Waals surface area (Å²) in [5, 5.41) is 2.91. The number of hydrogen-bond acceptors (Lipinski definition) is 4. The van der Waals surface area contributed by atoms with Crippen LogP contribution in [0.15, 0.2) is 36.5 Å². The van der Waals surface area contributed by atoms with E-state index in [1.54, 1.807) is 6.20 Å². The monoisotopic (exact) mass is 335 g/mol. The molecule has 0 saturated carbocycles. The van der Waals surface area contributed by atoms with Gasteiger partial charge < -0.3 is 14.8 Å². The van der Waals surface area contributed by atoms with Crippen LogP contribution in [-0.2, 0) is 7.05 Å². The zero-order valence-electron chi connectivity index (χ0n) is 14.5. The molecule has 1 N–H and O–H groups in total. The summed E-state index contributed by atoms with van der Waals surface area (Å²) < 4.78 is 2.01. The maximum Gasteiger partial charge on any atom is 0.255 e. The van der Waals surface area contributed by atoms with E-state index >= 15 is 0 Å². The maximum atomic E-state index is 12.5. The molecule has 0 unspecified atom stereocenters. The van der Waals surface area contributed by atoms with Gasteiger partial charge in [-0.15, -0.1) is 0 Å². The zero-order chi connectivity index (χ0) is 17.4. The van der Waals surface area contributed by atoms with Crippen LogP contribution in [0, 0.1) is 6.92 Å². The average molecular weight is 335 g/mol. The number of nitrogens with zero attached hydrogens (tertiary/aromatic N) is 4. The molecule has 1 amide bonds. The highest BCUT2D eigenvalue weighted by Crippen LogP contribution is 2.20. The standard InChI is InChI=1S/C19H21N5O/c1-13-21-16-11-14(5-7-17(16)23(13)2)19(25)22-15-6-8-18(20-12-15)24-9-3-4-10-24/h5-8,11-12H,3-4,9-10H2,1-2H3,(H,22,25). The molecule has 6 nitrogen and oxygen atoms in total. The van der Waals surface area contributed by atoms with Crippen molar-refractivity contribution in [1.29, 1.82) is 0 Å². The molecule has 1 aliphatic rings. The van der Waals surface area contributed by atoms with E-state index in [2.05, 4.69) is 20.2 Å². The number of rotatable bonds is 3. The van der Waals surface area contributed by atoms with Crippen molar-refractivity contribution in [3.05, 3.63) is 47.9 Å². The largest absolute Gasteiger partial charge is 0.357 e. The van der Waals surface area contributed by atoms with Crippen LogP contribution in [0.3, 0.4) is 0 Å². The summed E-state index contributed by atoms with van der Waals surface area (Å²) >= 11 is 0. The fraction of sp³-hybridized carbons (Fsp3) is 0.316. The van der Waals surface area contributed by atoms with Crippen LogP contribution in [0.4, 0.5) is 11.5 Å². The van der Waals surface area contributed by atoms with Crippen molar-refractivity contribution in [3.8, 4) is 0 Å². The lowest BCUT2D eigenvalue weighted by Crippen LogP contribution is -2.19. The molecule has 0 aliphatic carbocycles. The third kappa shape index (κ3) is 2.95. The molecule has 2 aromatic heterocycles. The van der Waals surface area contributed by atoms with Crippen molar-refractivity contribution in [3.63, 3.8) is 0 Å². The molecule has 0 bridgehead atoms. The van der Waals surface area contributed by atoms with Crippen LogP contribution in [0.25, 0.3) is 11.0 Å². The first-order valence-corrected chi connectivity index (χ1v) is 8.57. The number of imidazole rings is 1. The molecule has 1 fully saturated rings. The van der Waals surface area contributed by atoms with Gasteiger partial charge in [-0.25, -0.2) is 9.97 Å². The maximum absolute atomic E-state index is 12.5. The Bertz CT molecular complexity index is 923. The molecule has 6 heteroatoms. The molecular weight excluding hydrogens is 314 g/mol. The Hall–Kier alpha value is -2.89. The van der Waals surface area contributed by atoms with Gasteiger partial charge >= 0.3 is 0 Å². The number of benzene rings is 1. The van der Waals surface area contributed by atoms with E-state index in [1.807, 2.05) is 48.9 Å². The van der Waals surface area contributed by atoms with Gasteiger partial charge in [0.2, 0.25) is 0 Å². The van der Waals surface area contributed by atoms with Crippen LogP contribution in [-0.4, -0.2) is 33.5 Å². The topological polar surface area (TPSA) is 63.1 Å². The summed E-state index contributed by atoms with van der Waals surface area (Å²) in [6, 6.07) is 9.45. The molecule has 128 valence electrons. The molecule has 25 heavy (non-hydrogen) atoms. The summed E-state index contributed by atoms with van der Waals surface area (Å²) in [7, 11) is 1.97. The van der Waals surface area contributed by atoms with Crippen LogP contribution >= 0.6 is 0 Å². The number of anilines is 2. The van der Waals surface area contributed by atoms with Gasteiger partial charge in [0.05, 0.1) is 22.9 Å². The number of carbonyl (C=O) groups is 1. The summed E-state index contributed by atoms with van der Waals surface area (Å²) in [5.41, 5.74) is 3.14. The Morgan fingerprint density at radius 1 is 1.16 bits per heavy atom. The summed E-state index contributed by atoms with van der Waals surface area (Å²) in [4.78, 5) is 23.7. The quantitative estimate of drug-likeness (QED) is 0.799. The van der Waals surface area contributed by atoms with Gasteiger partial charge in [-0.3, -0.25) is 4.79 Å². The number of aryl methyl sites for hydroxylation is 2. The molecular formula is C19H21N5O. The Kier molecular flexibility index (Phi) is 3.87. The molecule has 0 atom stereocenters. The Balaban J connectivity index is 1.51. The van der Waals surface area contributed by atoms with Gasteiger partial charge in [-0.05, 0) is 50.1 Å². The second-order valence-corrected chi connectivity index (χ2v) is 6.47. The first kappa shape index (κ1) is 15.6. The number of pyridine rings is 1. The first-order valence-electron chi connectivity index (χ1n) is 8.57. The fourth-order valence-electron chi connectivity index (χ4n) is 3.26. The number of aromatic nitrogens is 3. The highest BCUT2D eigenvalue weighted by Gasteiger charge is 2.14. The number of fused-ring (bicyclic) bond motifs is 1. The summed E-state index contributed by atoms with van der Waals surface area (Å²) in [6.45, 7) is 4.07. The number of amides is 1. The van der Waals surface area contributed by atoms with E-state index in [0.29, 0.717) is 11.3 Å². The molecule has 1 saturated heterocycles. The molecule has 1 aliphatic heterocycles. The van der Waals surface area contributed by atoms with Gasteiger partial charge in [-0.2, -0.15) is 0 Å². The van der Waals surface area contributed by atoms with Crippen LogP contribution in [0.1, 0.15) is 29.0 Å². The molecule has 3 aromatic rings. The highest BCUT2D eigenvalue weighted by atomic mass is 16.1. The van der Waals surface area contributed by atoms with E-state index in [1.165, 1.54) is 12.8 Å². The number of carbonyl (C=O) groups excluding carboxylic acids is 1. The number of nitrogens with one attached hydrogen (secondary N) is 1. The molecule has 1 aromatic carbocycles. The second-order valence-electron chi connectivity index (χ2n) is 6.47. The zero-order valence-corrected chi connectivity index (χ0v) is 14.5. The molecule has 4 rings (SSSR count). The van der Waals surface area contributed by atoms with Crippen molar-refractivity contribution in [1.82, 2.24) is 14.5 Å². The van der Waals surface area contributed by atoms with E-state index in [9.17, 15) is 4.79 Å². The SMILES string of the molecule is Cc1nc2cc(C(=O)Nc3ccc(N4CCCC4)nc3)ccc2n1C. The molecule has 0 radical (unpaired) electrons. The first-order chi connectivity index (χ1) is 12.1. The predicted octanol–water partition coefficient (Wildman–Crippen LogP) is 3.13. The Morgan fingerprint density at radius 3 is 2.68 bits per heavy atom. The van der Waals surface area contributed by atoms with Crippen molar-refractivity contribution < 1.29 is 4.79 Å². The van der Waals surface area contributed by atoms with Crippen molar-refractivity contribution in [2.24, 2.45) is 7.05 Å². The van der Waals surface area contributed by atoms with Gasteiger partial charge in [0.15, 0.2) is 0 Å². The van der Waals surface area contributed by atoms with Crippen LogP contribution in [0.2, 0.25) is 0 Å². The third-order valence-corrected chi connectivity index (χ3v) is 4.80. The van der Waals surface area contributed by atoms with Crippen molar-refractivity contribution >= 4 is 28.4 Å². The fourth-order valence-corrected chi connectivity index (χ4v) is 3.26. The van der Waals surface area contributed by atoms with E-state index in [4.69, 9.17) is 0 Å². The lowest BCUT2D eigenvalue weighted by Gasteiger charge is -2.16. The molecule has 0 spiro atoms. The van der Waals surface area contributed by atoms with Gasteiger partial charge in [0.1, 0.15) is 11.6 Å². The van der Waals surface area contributed by atoms with Crippen molar-refractivity contribution in [2.75, 3.05) is 23.3 Å². The van der Waals surface area contributed by atoms with E-state index < -0.39 is 0 Å². The minimum Gasteiger partial charge on any atom is -0.357 e. The number of hydrogen-bond donors (Lipinski definition) is 1. The highest BCUT2D eigenvalue weighted by molar-refractivity contribution is 6.05. The summed E-state index contributed by atoms with van der Waals surface area (Å²) in [5.74, 6) is 1.75. The Morgan fingerprint density at radius 2 is 1.96 bits per heavy atom. The smallest absolute Gasteiger partial charge is 0.255 e.